The highest BCUT2D eigenvalue weighted by molar-refractivity contribution is 4.80. The molecule has 1 heterocycles. The van der Waals surface area contributed by atoms with Crippen LogP contribution in [-0.4, -0.2) is 36.2 Å². The second-order valence-corrected chi connectivity index (χ2v) is 4.30. The van der Waals surface area contributed by atoms with Crippen molar-refractivity contribution in [3.63, 3.8) is 0 Å². The van der Waals surface area contributed by atoms with E-state index in [2.05, 4.69) is 32.6 Å². The van der Waals surface area contributed by atoms with Crippen molar-refractivity contribution in [1.82, 2.24) is 4.90 Å². The van der Waals surface area contributed by atoms with Crippen LogP contribution in [0.3, 0.4) is 0 Å². The minimum Gasteiger partial charge on any atom is -0.376 e. The minimum absolute atomic E-state index is 0.304. The first-order valence-corrected chi connectivity index (χ1v) is 5.37. The number of hydrogen-bond acceptors (Lipinski definition) is 2. The first kappa shape index (κ1) is 12.9. The third kappa shape index (κ3) is 4.63. The van der Waals surface area contributed by atoms with E-state index >= 15 is 0 Å². The summed E-state index contributed by atoms with van der Waals surface area (Å²) in [7, 11) is 0. The van der Waals surface area contributed by atoms with Crippen LogP contribution in [0, 0.1) is 0 Å². The maximum Gasteiger partial charge on any atom is 0.0674 e. The number of ether oxygens (including phenoxy) is 1. The molecule has 0 spiro atoms. The van der Waals surface area contributed by atoms with Gasteiger partial charge >= 0.3 is 0 Å². The van der Waals surface area contributed by atoms with E-state index in [1.165, 1.54) is 0 Å². The Balaban J connectivity index is 0.000000671. The highest BCUT2D eigenvalue weighted by Gasteiger charge is 2.25. The van der Waals surface area contributed by atoms with Crippen molar-refractivity contribution >= 4 is 0 Å². The zero-order valence-electron chi connectivity index (χ0n) is 10.1. The van der Waals surface area contributed by atoms with Crippen LogP contribution in [0.1, 0.15) is 41.5 Å². The number of morpholine rings is 1. The molecule has 0 unspecified atom stereocenters. The van der Waals surface area contributed by atoms with E-state index in [4.69, 9.17) is 4.74 Å². The Morgan fingerprint density at radius 1 is 1.23 bits per heavy atom. The second-order valence-electron chi connectivity index (χ2n) is 4.30. The minimum atomic E-state index is 0.304. The van der Waals surface area contributed by atoms with Gasteiger partial charge in [-0.05, 0) is 27.7 Å². The van der Waals surface area contributed by atoms with Gasteiger partial charge in [0.05, 0.1) is 12.7 Å². The molecule has 0 bridgehead atoms. The molecule has 0 N–H and O–H groups in total. The van der Waals surface area contributed by atoms with Gasteiger partial charge in [-0.25, -0.2) is 0 Å². The Bertz CT molecular complexity index is 129. The van der Waals surface area contributed by atoms with Crippen LogP contribution in [-0.2, 0) is 4.74 Å². The quantitative estimate of drug-likeness (QED) is 0.578. The van der Waals surface area contributed by atoms with Gasteiger partial charge in [0.25, 0.3) is 0 Å². The van der Waals surface area contributed by atoms with E-state index in [0.717, 1.165) is 19.7 Å². The highest BCUT2D eigenvalue weighted by Crippen LogP contribution is 2.16. The molecule has 1 atom stereocenters. The molecule has 2 heteroatoms. The fraction of sp³-hybridized carbons (Fsp3) is 1.00. The largest absolute Gasteiger partial charge is 0.376 e. The monoisotopic (exact) mass is 187 g/mol. The molecule has 0 aromatic rings. The molecule has 2 nitrogen and oxygen atoms in total. The normalized spacial score (nSPS) is 24.9. The summed E-state index contributed by atoms with van der Waals surface area (Å²) < 4.78 is 5.46. The average Bonchev–Trinajstić information content (AvgIpc) is 2.06. The zero-order valence-corrected chi connectivity index (χ0v) is 10.1. The molecule has 1 rings (SSSR count). The fourth-order valence-corrected chi connectivity index (χ4v) is 1.43. The average molecular weight is 187 g/mol. The van der Waals surface area contributed by atoms with Crippen LogP contribution in [0.2, 0.25) is 0 Å². The lowest BCUT2D eigenvalue weighted by Gasteiger charge is -2.40. The molecule has 0 radical (unpaired) electrons. The summed E-state index contributed by atoms with van der Waals surface area (Å²) in [4.78, 5) is 2.47. The molecule has 1 aliphatic heterocycles. The molecule has 0 aromatic heterocycles. The molecule has 0 amide bonds. The Labute approximate surface area is 83.3 Å². The van der Waals surface area contributed by atoms with Gasteiger partial charge in [0.15, 0.2) is 0 Å². The van der Waals surface area contributed by atoms with Crippen LogP contribution in [0.15, 0.2) is 0 Å². The van der Waals surface area contributed by atoms with Gasteiger partial charge in [0.2, 0.25) is 0 Å². The molecule has 80 valence electrons. The molecular weight excluding hydrogens is 162 g/mol. The Morgan fingerprint density at radius 3 is 2.08 bits per heavy atom. The first-order chi connectivity index (χ1) is 6.00. The molecule has 1 fully saturated rings. The summed E-state index contributed by atoms with van der Waals surface area (Å²) in [5.41, 5.74) is 0.304. The highest BCUT2D eigenvalue weighted by atomic mass is 16.5. The van der Waals surface area contributed by atoms with Crippen molar-refractivity contribution in [3.05, 3.63) is 0 Å². The summed E-state index contributed by atoms with van der Waals surface area (Å²) in [5.74, 6) is 0. The van der Waals surface area contributed by atoms with Gasteiger partial charge in [0.1, 0.15) is 0 Å². The smallest absolute Gasteiger partial charge is 0.0674 e. The number of rotatable bonds is 0. The van der Waals surface area contributed by atoms with Gasteiger partial charge in [0, 0.05) is 18.6 Å². The molecule has 13 heavy (non-hydrogen) atoms. The summed E-state index contributed by atoms with van der Waals surface area (Å²) in [6.07, 6.45) is 0.406. The summed E-state index contributed by atoms with van der Waals surface area (Å²) in [6, 6.07) is 0. The summed E-state index contributed by atoms with van der Waals surface area (Å²) in [6.45, 7) is 15.9. The molecule has 0 aliphatic carbocycles. The standard InChI is InChI=1S/C9H19NO.C2H6/c1-8-7-10(5-6-11-8)9(2,3)4;1-2/h8H,5-7H2,1-4H3;1-2H3/t8-;/m0./s1. The third-order valence-electron chi connectivity index (χ3n) is 2.19. The van der Waals surface area contributed by atoms with Crippen molar-refractivity contribution < 1.29 is 4.74 Å². The summed E-state index contributed by atoms with van der Waals surface area (Å²) >= 11 is 0. The van der Waals surface area contributed by atoms with Crippen molar-refractivity contribution in [3.8, 4) is 0 Å². The van der Waals surface area contributed by atoms with Crippen LogP contribution >= 0.6 is 0 Å². The Morgan fingerprint density at radius 2 is 1.77 bits per heavy atom. The Kier molecular flexibility index (Phi) is 5.57. The van der Waals surface area contributed by atoms with Crippen molar-refractivity contribution in [2.75, 3.05) is 19.7 Å². The van der Waals surface area contributed by atoms with Crippen LogP contribution in [0.4, 0.5) is 0 Å². The molecule has 0 saturated carbocycles. The predicted octanol–water partition coefficient (Wildman–Crippen LogP) is 2.53. The van der Waals surface area contributed by atoms with E-state index in [1.807, 2.05) is 13.8 Å². The molecule has 0 aromatic carbocycles. The zero-order chi connectivity index (χ0) is 10.5. The fourth-order valence-electron chi connectivity index (χ4n) is 1.43. The van der Waals surface area contributed by atoms with E-state index in [1.54, 1.807) is 0 Å². The SMILES string of the molecule is CC.C[C@H]1CN(C(C)(C)C)CCO1. The lowest BCUT2D eigenvalue weighted by molar-refractivity contribution is -0.0494. The first-order valence-electron chi connectivity index (χ1n) is 5.37. The summed E-state index contributed by atoms with van der Waals surface area (Å²) in [5, 5.41) is 0. The lowest BCUT2D eigenvalue weighted by Crippen LogP contribution is -2.50. The second kappa shape index (κ2) is 5.61. The third-order valence-corrected chi connectivity index (χ3v) is 2.19. The lowest BCUT2D eigenvalue weighted by atomic mass is 10.0. The van der Waals surface area contributed by atoms with Crippen LogP contribution in [0.25, 0.3) is 0 Å². The van der Waals surface area contributed by atoms with Gasteiger partial charge in [-0.15, -0.1) is 0 Å². The van der Waals surface area contributed by atoms with E-state index in [0.29, 0.717) is 11.6 Å². The van der Waals surface area contributed by atoms with Crippen molar-refractivity contribution in [2.45, 2.75) is 53.2 Å². The Hall–Kier alpha value is -0.0800. The van der Waals surface area contributed by atoms with Crippen molar-refractivity contribution in [2.24, 2.45) is 0 Å². The van der Waals surface area contributed by atoms with Gasteiger partial charge < -0.3 is 4.74 Å². The van der Waals surface area contributed by atoms with Gasteiger partial charge in [-0.1, -0.05) is 13.8 Å². The van der Waals surface area contributed by atoms with Gasteiger partial charge in [-0.3, -0.25) is 4.90 Å². The molecular formula is C11H25NO. The van der Waals surface area contributed by atoms with Crippen LogP contribution in [0.5, 0.6) is 0 Å². The van der Waals surface area contributed by atoms with E-state index in [-0.39, 0.29) is 0 Å². The van der Waals surface area contributed by atoms with Gasteiger partial charge in [-0.2, -0.15) is 0 Å². The van der Waals surface area contributed by atoms with E-state index in [9.17, 15) is 0 Å². The van der Waals surface area contributed by atoms with E-state index < -0.39 is 0 Å². The predicted molar refractivity (Wildman–Crippen MR) is 58.1 cm³/mol. The molecule has 1 saturated heterocycles. The maximum absolute atomic E-state index is 5.46. The van der Waals surface area contributed by atoms with Crippen LogP contribution < -0.4 is 0 Å². The molecule has 1 aliphatic rings. The number of nitrogens with zero attached hydrogens (tertiary/aromatic N) is 1. The maximum atomic E-state index is 5.46. The number of hydrogen-bond donors (Lipinski definition) is 0. The topological polar surface area (TPSA) is 12.5 Å². The van der Waals surface area contributed by atoms with Crippen molar-refractivity contribution in [1.29, 1.82) is 0 Å².